The monoisotopic (exact) mass is 453 g/mol. The Labute approximate surface area is 191 Å². The van der Waals surface area contributed by atoms with Gasteiger partial charge in [0.1, 0.15) is 5.75 Å². The van der Waals surface area contributed by atoms with Crippen LogP contribution in [0, 0.1) is 6.92 Å². The molecule has 0 unspecified atom stereocenters. The second kappa shape index (κ2) is 10.8. The van der Waals surface area contributed by atoms with Crippen LogP contribution >= 0.6 is 11.8 Å². The Bertz CT molecular complexity index is 1080. The summed E-state index contributed by atoms with van der Waals surface area (Å²) in [4.78, 5) is 25.0. The molecule has 1 atom stereocenters. The molecule has 9 heteroatoms. The van der Waals surface area contributed by atoms with Gasteiger partial charge in [0.25, 0.3) is 5.91 Å². The quantitative estimate of drug-likeness (QED) is 0.478. The van der Waals surface area contributed by atoms with Crippen LogP contribution in [0.25, 0.3) is 0 Å². The Hall–Kier alpha value is -3.33. The van der Waals surface area contributed by atoms with Crippen LogP contribution < -0.4 is 15.4 Å². The molecular weight excluding hydrogens is 426 g/mol. The number of nitrogens with zero attached hydrogens (tertiary/aromatic N) is 3. The van der Waals surface area contributed by atoms with Crippen LogP contribution in [0.1, 0.15) is 41.6 Å². The third kappa shape index (κ3) is 5.67. The maximum absolute atomic E-state index is 12.6. The van der Waals surface area contributed by atoms with Gasteiger partial charge in [-0.2, -0.15) is 0 Å². The average molecular weight is 454 g/mol. The number of thioether (sulfide) groups is 1. The van der Waals surface area contributed by atoms with Gasteiger partial charge in [-0.05, 0) is 56.7 Å². The highest BCUT2D eigenvalue weighted by molar-refractivity contribution is 7.99. The summed E-state index contributed by atoms with van der Waals surface area (Å²) >= 11 is 1.31. The predicted octanol–water partition coefficient (Wildman–Crippen LogP) is 3.84. The molecule has 168 valence electrons. The number of methoxy groups -OCH3 is 1. The maximum Gasteiger partial charge on any atom is 0.251 e. The standard InChI is InChI=1S/C23H27N5O3S/c1-5-28-21(16(3)24-22(30)17-10-12-18(31-4)13-11-17)26-27-23(28)32-14-20(29)25-19-9-7-6-8-15(19)2/h6-13,16H,5,14H2,1-4H3,(H,24,30)(H,25,29)/t16-/m1/s1. The molecule has 0 aliphatic heterocycles. The molecule has 0 fully saturated rings. The highest BCUT2D eigenvalue weighted by atomic mass is 32.2. The van der Waals surface area contributed by atoms with E-state index in [2.05, 4.69) is 20.8 Å². The summed E-state index contributed by atoms with van der Waals surface area (Å²) in [6, 6.07) is 14.2. The highest BCUT2D eigenvalue weighted by Crippen LogP contribution is 2.22. The van der Waals surface area contributed by atoms with Gasteiger partial charge in [0.05, 0.1) is 18.9 Å². The molecule has 2 N–H and O–H groups in total. The lowest BCUT2D eigenvalue weighted by molar-refractivity contribution is -0.113. The molecule has 0 bridgehead atoms. The molecule has 0 saturated carbocycles. The van der Waals surface area contributed by atoms with Gasteiger partial charge in [0, 0.05) is 17.8 Å². The molecule has 2 aromatic carbocycles. The van der Waals surface area contributed by atoms with Crippen LogP contribution in [0.15, 0.2) is 53.7 Å². The number of carbonyl (C=O) groups excluding carboxylic acids is 2. The van der Waals surface area contributed by atoms with Gasteiger partial charge in [-0.1, -0.05) is 30.0 Å². The lowest BCUT2D eigenvalue weighted by atomic mass is 10.2. The van der Waals surface area contributed by atoms with Crippen molar-refractivity contribution in [3.8, 4) is 5.75 Å². The highest BCUT2D eigenvalue weighted by Gasteiger charge is 2.20. The van der Waals surface area contributed by atoms with E-state index in [1.165, 1.54) is 11.8 Å². The number of hydrogen-bond acceptors (Lipinski definition) is 6. The van der Waals surface area contributed by atoms with Crippen LogP contribution in [0.4, 0.5) is 5.69 Å². The number of amides is 2. The third-order valence-corrected chi connectivity index (χ3v) is 5.87. The van der Waals surface area contributed by atoms with Crippen LogP contribution in [-0.2, 0) is 11.3 Å². The third-order valence-electron chi connectivity index (χ3n) is 4.90. The molecule has 0 aliphatic rings. The van der Waals surface area contributed by atoms with E-state index in [1.807, 2.05) is 49.6 Å². The Kier molecular flexibility index (Phi) is 7.88. The smallest absolute Gasteiger partial charge is 0.251 e. The van der Waals surface area contributed by atoms with E-state index in [0.717, 1.165) is 11.3 Å². The van der Waals surface area contributed by atoms with Crippen LogP contribution in [0.5, 0.6) is 5.75 Å². The summed E-state index contributed by atoms with van der Waals surface area (Å²) in [5.74, 6) is 1.21. The minimum absolute atomic E-state index is 0.114. The van der Waals surface area contributed by atoms with E-state index in [-0.39, 0.29) is 23.6 Å². The van der Waals surface area contributed by atoms with Gasteiger partial charge in [-0.15, -0.1) is 10.2 Å². The summed E-state index contributed by atoms with van der Waals surface area (Å²) < 4.78 is 7.03. The number of para-hydroxylation sites is 1. The molecule has 1 aromatic heterocycles. The molecule has 32 heavy (non-hydrogen) atoms. The van der Waals surface area contributed by atoms with E-state index in [9.17, 15) is 9.59 Å². The molecule has 1 heterocycles. The fourth-order valence-corrected chi connectivity index (χ4v) is 3.95. The summed E-state index contributed by atoms with van der Waals surface area (Å²) in [5, 5.41) is 15.0. The number of anilines is 1. The zero-order valence-corrected chi connectivity index (χ0v) is 19.4. The number of nitrogens with one attached hydrogen (secondary N) is 2. The zero-order chi connectivity index (χ0) is 23.1. The van der Waals surface area contributed by atoms with Crippen molar-refractivity contribution < 1.29 is 14.3 Å². The average Bonchev–Trinajstić information content (AvgIpc) is 3.22. The van der Waals surface area contributed by atoms with E-state index in [0.29, 0.717) is 28.8 Å². The first kappa shape index (κ1) is 23.3. The summed E-state index contributed by atoms with van der Waals surface area (Å²) in [5.41, 5.74) is 2.33. The molecule has 0 aliphatic carbocycles. The number of rotatable bonds is 9. The van der Waals surface area contributed by atoms with Gasteiger partial charge in [-0.3, -0.25) is 9.59 Å². The molecule has 8 nitrogen and oxygen atoms in total. The number of aromatic nitrogens is 3. The molecule has 0 radical (unpaired) electrons. The molecule has 2 amide bonds. The second-order valence-electron chi connectivity index (χ2n) is 7.16. The Morgan fingerprint density at radius 1 is 1.12 bits per heavy atom. The molecular formula is C23H27N5O3S. The largest absolute Gasteiger partial charge is 0.497 e. The van der Waals surface area contributed by atoms with Gasteiger partial charge >= 0.3 is 0 Å². The van der Waals surface area contributed by atoms with Crippen molar-refractivity contribution in [2.75, 3.05) is 18.2 Å². The van der Waals surface area contributed by atoms with Crippen molar-refractivity contribution >= 4 is 29.3 Å². The van der Waals surface area contributed by atoms with Gasteiger partial charge in [-0.25, -0.2) is 0 Å². The molecule has 0 spiro atoms. The molecule has 3 rings (SSSR count). The predicted molar refractivity (Wildman–Crippen MR) is 125 cm³/mol. The second-order valence-corrected chi connectivity index (χ2v) is 8.10. The van der Waals surface area contributed by atoms with Gasteiger partial charge in [0.2, 0.25) is 5.91 Å². The minimum atomic E-state index is -0.354. The number of hydrogen-bond donors (Lipinski definition) is 2. The molecule has 3 aromatic rings. The van der Waals surface area contributed by atoms with Gasteiger partial charge in [0.15, 0.2) is 11.0 Å². The first-order valence-electron chi connectivity index (χ1n) is 10.3. The minimum Gasteiger partial charge on any atom is -0.497 e. The van der Waals surface area contributed by atoms with Crippen molar-refractivity contribution in [1.29, 1.82) is 0 Å². The van der Waals surface area contributed by atoms with Crippen LogP contribution in [0.2, 0.25) is 0 Å². The fourth-order valence-electron chi connectivity index (χ4n) is 3.14. The summed E-state index contributed by atoms with van der Waals surface area (Å²) in [6.07, 6.45) is 0. The van der Waals surface area contributed by atoms with E-state index >= 15 is 0 Å². The van der Waals surface area contributed by atoms with Crippen molar-refractivity contribution in [2.24, 2.45) is 0 Å². The fraction of sp³-hybridized carbons (Fsp3) is 0.304. The Morgan fingerprint density at radius 3 is 2.50 bits per heavy atom. The van der Waals surface area contributed by atoms with E-state index in [4.69, 9.17) is 4.74 Å². The van der Waals surface area contributed by atoms with E-state index < -0.39 is 0 Å². The SMILES string of the molecule is CCn1c(SCC(=O)Nc2ccccc2C)nnc1[C@@H](C)NC(=O)c1ccc(OC)cc1. The van der Waals surface area contributed by atoms with Crippen molar-refractivity contribution in [1.82, 2.24) is 20.1 Å². The number of aryl methyl sites for hydroxylation is 1. The maximum atomic E-state index is 12.6. The summed E-state index contributed by atoms with van der Waals surface area (Å²) in [7, 11) is 1.58. The van der Waals surface area contributed by atoms with Crippen LogP contribution in [-0.4, -0.2) is 39.4 Å². The summed E-state index contributed by atoms with van der Waals surface area (Å²) in [6.45, 7) is 6.40. The number of carbonyl (C=O) groups is 2. The van der Waals surface area contributed by atoms with Crippen LogP contribution in [0.3, 0.4) is 0 Å². The lowest BCUT2D eigenvalue weighted by Gasteiger charge is -2.15. The van der Waals surface area contributed by atoms with Crippen molar-refractivity contribution in [2.45, 2.75) is 38.5 Å². The normalized spacial score (nSPS) is 11.6. The molecule has 0 saturated heterocycles. The number of benzene rings is 2. The van der Waals surface area contributed by atoms with Crippen molar-refractivity contribution in [3.05, 3.63) is 65.5 Å². The van der Waals surface area contributed by atoms with E-state index in [1.54, 1.807) is 31.4 Å². The van der Waals surface area contributed by atoms with Gasteiger partial charge < -0.3 is 19.9 Å². The Morgan fingerprint density at radius 2 is 1.84 bits per heavy atom. The first-order chi connectivity index (χ1) is 15.4. The Balaban J connectivity index is 1.62. The van der Waals surface area contributed by atoms with Crippen molar-refractivity contribution in [3.63, 3.8) is 0 Å². The number of ether oxygens (including phenoxy) is 1. The topological polar surface area (TPSA) is 98.1 Å². The zero-order valence-electron chi connectivity index (χ0n) is 18.6. The lowest BCUT2D eigenvalue weighted by Crippen LogP contribution is -2.28. The first-order valence-corrected chi connectivity index (χ1v) is 11.3.